The van der Waals surface area contributed by atoms with Crippen LogP contribution in [-0.2, 0) is 4.79 Å². The summed E-state index contributed by atoms with van der Waals surface area (Å²) >= 11 is 0. The van der Waals surface area contributed by atoms with Crippen LogP contribution in [0.25, 0.3) is 0 Å². The van der Waals surface area contributed by atoms with Crippen molar-refractivity contribution in [2.75, 3.05) is 26.2 Å². The molecule has 0 aliphatic carbocycles. The minimum Gasteiger partial charge on any atom is -0.456 e. The van der Waals surface area contributed by atoms with Gasteiger partial charge >= 0.3 is 6.18 Å². The molecule has 2 heterocycles. The lowest BCUT2D eigenvalue weighted by Gasteiger charge is -2.34. The third-order valence-corrected chi connectivity index (χ3v) is 4.07. The molecule has 1 fully saturated rings. The van der Waals surface area contributed by atoms with Crippen LogP contribution >= 0.6 is 0 Å². The summed E-state index contributed by atoms with van der Waals surface area (Å²) in [6.07, 6.45) is -3.37. The van der Waals surface area contributed by atoms with Gasteiger partial charge in [-0.1, -0.05) is 0 Å². The molecule has 2 rings (SSSR count). The largest absolute Gasteiger partial charge is 0.456 e. The molecular formula is C16H21F3N2O3. The Morgan fingerprint density at radius 3 is 2.62 bits per heavy atom. The maximum absolute atomic E-state index is 12.6. The number of alkyl halides is 3. The highest BCUT2D eigenvalue weighted by Gasteiger charge is 2.37. The minimum absolute atomic E-state index is 0.0137. The fraction of sp³-hybridized carbons (Fsp3) is 0.625. The second kappa shape index (κ2) is 7.27. The summed E-state index contributed by atoms with van der Waals surface area (Å²) in [6, 6.07) is 3.23. The fourth-order valence-electron chi connectivity index (χ4n) is 2.89. The Morgan fingerprint density at radius 2 is 2.08 bits per heavy atom. The molecule has 134 valence electrons. The van der Waals surface area contributed by atoms with Gasteiger partial charge in [-0.15, -0.1) is 0 Å². The van der Waals surface area contributed by atoms with Crippen molar-refractivity contribution in [2.45, 2.75) is 32.9 Å². The molecule has 0 N–H and O–H groups in total. The van der Waals surface area contributed by atoms with Crippen molar-refractivity contribution in [2.24, 2.45) is 5.92 Å². The summed E-state index contributed by atoms with van der Waals surface area (Å²) in [6.45, 7) is 2.54. The van der Waals surface area contributed by atoms with E-state index in [-0.39, 0.29) is 24.8 Å². The summed E-state index contributed by atoms with van der Waals surface area (Å²) in [5.74, 6) is -0.711. The lowest BCUT2D eigenvalue weighted by atomic mass is 9.96. The smallest absolute Gasteiger partial charge is 0.406 e. The van der Waals surface area contributed by atoms with Crippen LogP contribution < -0.4 is 0 Å². The first-order valence-corrected chi connectivity index (χ1v) is 7.92. The van der Waals surface area contributed by atoms with Crippen LogP contribution in [0.4, 0.5) is 13.2 Å². The van der Waals surface area contributed by atoms with E-state index < -0.39 is 24.5 Å². The molecule has 0 spiro atoms. The van der Waals surface area contributed by atoms with Crippen LogP contribution in [0.5, 0.6) is 0 Å². The standard InChI is InChI=1S/C16H21F3N2O3/c1-3-20(10-16(17,18)19)14(22)12-5-4-8-21(9-12)15(23)13-7-6-11(2)24-13/h6-7,12H,3-5,8-10H2,1-2H3/t12-/m1/s1. The van der Waals surface area contributed by atoms with Gasteiger partial charge in [-0.25, -0.2) is 0 Å². The SMILES string of the molecule is CCN(CC(F)(F)F)C(=O)[C@@H]1CCCN(C(=O)c2ccc(C)o2)C1. The van der Waals surface area contributed by atoms with Crippen LogP contribution in [0.15, 0.2) is 16.5 Å². The Labute approximate surface area is 138 Å². The van der Waals surface area contributed by atoms with Gasteiger partial charge in [0.15, 0.2) is 5.76 Å². The summed E-state index contributed by atoms with van der Waals surface area (Å²) in [7, 11) is 0. The average Bonchev–Trinajstić information content (AvgIpc) is 2.97. The second-order valence-electron chi connectivity index (χ2n) is 5.97. The van der Waals surface area contributed by atoms with Crippen molar-refractivity contribution in [3.63, 3.8) is 0 Å². The molecule has 24 heavy (non-hydrogen) atoms. The summed E-state index contributed by atoms with van der Waals surface area (Å²) < 4.78 is 43.0. The van der Waals surface area contributed by atoms with E-state index in [1.165, 1.54) is 11.8 Å². The lowest BCUT2D eigenvalue weighted by molar-refractivity contribution is -0.164. The van der Waals surface area contributed by atoms with E-state index in [1.54, 1.807) is 19.1 Å². The van der Waals surface area contributed by atoms with Crippen molar-refractivity contribution >= 4 is 11.8 Å². The number of furan rings is 1. The van der Waals surface area contributed by atoms with Crippen molar-refractivity contribution in [1.29, 1.82) is 0 Å². The van der Waals surface area contributed by atoms with Crippen molar-refractivity contribution in [1.82, 2.24) is 9.80 Å². The zero-order valence-corrected chi connectivity index (χ0v) is 13.7. The monoisotopic (exact) mass is 346 g/mol. The van der Waals surface area contributed by atoms with Gasteiger partial charge in [-0.2, -0.15) is 13.2 Å². The summed E-state index contributed by atoms with van der Waals surface area (Å²) in [5.41, 5.74) is 0. The second-order valence-corrected chi connectivity index (χ2v) is 5.97. The summed E-state index contributed by atoms with van der Waals surface area (Å²) in [4.78, 5) is 27.0. The molecule has 8 heteroatoms. The Bertz CT molecular complexity index is 598. The van der Waals surface area contributed by atoms with Gasteiger partial charge in [0.05, 0.1) is 5.92 Å². The normalized spacial score (nSPS) is 18.5. The number of likely N-dealkylation sites (tertiary alicyclic amines) is 1. The Hall–Kier alpha value is -1.99. The van der Waals surface area contributed by atoms with Gasteiger partial charge in [0.25, 0.3) is 5.91 Å². The lowest BCUT2D eigenvalue weighted by Crippen LogP contribution is -2.48. The molecule has 1 aromatic heterocycles. The average molecular weight is 346 g/mol. The maximum Gasteiger partial charge on any atom is 0.406 e. The minimum atomic E-state index is -4.43. The number of amides is 2. The first-order chi connectivity index (χ1) is 11.2. The maximum atomic E-state index is 12.6. The number of hydrogen-bond acceptors (Lipinski definition) is 3. The predicted molar refractivity (Wildman–Crippen MR) is 80.4 cm³/mol. The molecule has 2 amide bonds. The first-order valence-electron chi connectivity index (χ1n) is 7.92. The number of carbonyl (C=O) groups is 2. The molecule has 0 aromatic carbocycles. The van der Waals surface area contributed by atoms with Crippen molar-refractivity contribution < 1.29 is 27.2 Å². The molecule has 0 saturated carbocycles. The van der Waals surface area contributed by atoms with Gasteiger partial charge in [0.1, 0.15) is 12.3 Å². The first kappa shape index (κ1) is 18.4. The Balaban J connectivity index is 2.04. The van der Waals surface area contributed by atoms with Crippen LogP contribution in [0, 0.1) is 12.8 Å². The molecule has 1 aliphatic heterocycles. The van der Waals surface area contributed by atoms with E-state index in [0.717, 1.165) is 4.90 Å². The summed E-state index contributed by atoms with van der Waals surface area (Å²) in [5, 5.41) is 0. The van der Waals surface area contributed by atoms with E-state index in [2.05, 4.69) is 0 Å². The Morgan fingerprint density at radius 1 is 1.38 bits per heavy atom. The number of hydrogen-bond donors (Lipinski definition) is 0. The third kappa shape index (κ3) is 4.52. The van der Waals surface area contributed by atoms with Crippen molar-refractivity contribution in [3.8, 4) is 0 Å². The number of rotatable bonds is 4. The molecule has 0 bridgehead atoms. The topological polar surface area (TPSA) is 53.8 Å². The van der Waals surface area contributed by atoms with Gasteiger partial charge in [-0.05, 0) is 38.8 Å². The number of aryl methyl sites for hydroxylation is 1. The molecule has 0 unspecified atom stereocenters. The van der Waals surface area contributed by atoms with Gasteiger partial charge < -0.3 is 14.2 Å². The zero-order chi connectivity index (χ0) is 17.9. The zero-order valence-electron chi connectivity index (χ0n) is 13.7. The van der Waals surface area contributed by atoms with Crippen LogP contribution in [0.3, 0.4) is 0 Å². The van der Waals surface area contributed by atoms with Crippen molar-refractivity contribution in [3.05, 3.63) is 23.7 Å². The van der Waals surface area contributed by atoms with Gasteiger partial charge in [0.2, 0.25) is 5.91 Å². The van der Waals surface area contributed by atoms with E-state index in [9.17, 15) is 22.8 Å². The fourth-order valence-corrected chi connectivity index (χ4v) is 2.89. The predicted octanol–water partition coefficient (Wildman–Crippen LogP) is 2.85. The van der Waals surface area contributed by atoms with E-state index in [4.69, 9.17) is 4.42 Å². The molecule has 5 nitrogen and oxygen atoms in total. The van der Waals surface area contributed by atoms with Crippen LogP contribution in [-0.4, -0.2) is 54.0 Å². The quantitative estimate of drug-likeness (QED) is 0.842. The number of halogens is 3. The Kier molecular flexibility index (Phi) is 5.56. The molecule has 1 aromatic rings. The molecule has 1 saturated heterocycles. The highest BCUT2D eigenvalue weighted by molar-refractivity contribution is 5.92. The van der Waals surface area contributed by atoms with Crippen LogP contribution in [0.1, 0.15) is 36.1 Å². The highest BCUT2D eigenvalue weighted by Crippen LogP contribution is 2.23. The molecule has 0 radical (unpaired) electrons. The van der Waals surface area contributed by atoms with Gasteiger partial charge in [0, 0.05) is 19.6 Å². The van der Waals surface area contributed by atoms with E-state index in [1.807, 2.05) is 0 Å². The number of carbonyl (C=O) groups excluding carboxylic acids is 2. The highest BCUT2D eigenvalue weighted by atomic mass is 19.4. The van der Waals surface area contributed by atoms with Crippen LogP contribution in [0.2, 0.25) is 0 Å². The van der Waals surface area contributed by atoms with E-state index in [0.29, 0.717) is 25.1 Å². The molecular weight excluding hydrogens is 325 g/mol. The third-order valence-electron chi connectivity index (χ3n) is 4.07. The molecule has 1 atom stereocenters. The molecule has 1 aliphatic rings. The number of piperidine rings is 1. The number of nitrogens with zero attached hydrogens (tertiary/aromatic N) is 2. The van der Waals surface area contributed by atoms with Gasteiger partial charge in [-0.3, -0.25) is 9.59 Å². The van der Waals surface area contributed by atoms with E-state index >= 15 is 0 Å².